The van der Waals surface area contributed by atoms with Crippen molar-refractivity contribution in [1.29, 1.82) is 0 Å². The van der Waals surface area contributed by atoms with Crippen molar-refractivity contribution in [2.75, 3.05) is 5.32 Å². The Balaban J connectivity index is 2.25. The molecule has 0 aliphatic rings. The number of halogens is 3. The van der Waals surface area contributed by atoms with Gasteiger partial charge in [-0.1, -0.05) is 0 Å². The van der Waals surface area contributed by atoms with Crippen LogP contribution in [0.3, 0.4) is 0 Å². The van der Waals surface area contributed by atoms with Crippen LogP contribution in [0.5, 0.6) is 0 Å². The summed E-state index contributed by atoms with van der Waals surface area (Å²) >= 11 is 4.61. The summed E-state index contributed by atoms with van der Waals surface area (Å²) in [6.45, 7) is 1.89. The third-order valence-electron chi connectivity index (χ3n) is 2.25. The highest BCUT2D eigenvalue weighted by atomic mass is 79.9. The predicted octanol–water partition coefficient (Wildman–Crippen LogP) is 4.36. The number of thiazole rings is 1. The zero-order valence-electron chi connectivity index (χ0n) is 8.88. The van der Waals surface area contributed by atoms with E-state index in [1.54, 1.807) is 11.7 Å². The average molecular weight is 319 g/mol. The molecule has 2 aromatic rings. The molecule has 2 nitrogen and oxygen atoms in total. The van der Waals surface area contributed by atoms with Gasteiger partial charge in [0.15, 0.2) is 0 Å². The van der Waals surface area contributed by atoms with E-state index >= 15 is 0 Å². The fourth-order valence-electron chi connectivity index (χ4n) is 1.41. The van der Waals surface area contributed by atoms with Gasteiger partial charge in [0.2, 0.25) is 0 Å². The van der Waals surface area contributed by atoms with E-state index in [2.05, 4.69) is 26.2 Å². The molecule has 0 spiro atoms. The molecule has 0 fully saturated rings. The third kappa shape index (κ3) is 2.81. The van der Waals surface area contributed by atoms with Crippen molar-refractivity contribution in [3.8, 4) is 0 Å². The largest absolute Gasteiger partial charge is 0.374 e. The van der Waals surface area contributed by atoms with Crippen LogP contribution in [0.15, 0.2) is 28.3 Å². The summed E-state index contributed by atoms with van der Waals surface area (Å²) in [5.74, 6) is -1.22. The lowest BCUT2D eigenvalue weighted by Gasteiger charge is -2.15. The van der Waals surface area contributed by atoms with Crippen LogP contribution >= 0.6 is 27.3 Å². The molecule has 0 amide bonds. The maximum Gasteiger partial charge on any atom is 0.150 e. The van der Waals surface area contributed by atoms with Crippen LogP contribution in [-0.2, 0) is 0 Å². The van der Waals surface area contributed by atoms with Crippen molar-refractivity contribution in [3.63, 3.8) is 0 Å². The summed E-state index contributed by atoms with van der Waals surface area (Å²) in [6.07, 6.45) is 1.72. The van der Waals surface area contributed by atoms with Gasteiger partial charge in [-0.3, -0.25) is 4.98 Å². The minimum Gasteiger partial charge on any atom is -0.374 e. The van der Waals surface area contributed by atoms with Gasteiger partial charge in [-0.2, -0.15) is 0 Å². The smallest absolute Gasteiger partial charge is 0.150 e. The summed E-state index contributed by atoms with van der Waals surface area (Å²) in [5, 5.41) is 2.99. The van der Waals surface area contributed by atoms with Crippen molar-refractivity contribution >= 4 is 33.0 Å². The number of rotatable bonds is 3. The van der Waals surface area contributed by atoms with Gasteiger partial charge >= 0.3 is 0 Å². The lowest BCUT2D eigenvalue weighted by Crippen LogP contribution is -2.07. The Kier molecular flexibility index (Phi) is 3.73. The molecule has 0 radical (unpaired) electrons. The van der Waals surface area contributed by atoms with Gasteiger partial charge in [0.05, 0.1) is 17.2 Å². The van der Waals surface area contributed by atoms with Crippen LogP contribution in [0.25, 0.3) is 0 Å². The van der Waals surface area contributed by atoms with E-state index in [4.69, 9.17) is 0 Å². The molecule has 1 aromatic heterocycles. The molecule has 0 bridgehead atoms. The summed E-state index contributed by atoms with van der Waals surface area (Å²) < 4.78 is 26.8. The van der Waals surface area contributed by atoms with E-state index < -0.39 is 11.6 Å². The Hall–Kier alpha value is -1.01. The van der Waals surface area contributed by atoms with E-state index in [0.717, 1.165) is 10.9 Å². The Morgan fingerprint density at radius 1 is 1.41 bits per heavy atom. The lowest BCUT2D eigenvalue weighted by molar-refractivity contribution is 0.582. The van der Waals surface area contributed by atoms with Crippen molar-refractivity contribution in [3.05, 3.63) is 44.8 Å². The second kappa shape index (κ2) is 5.10. The van der Waals surface area contributed by atoms with Gasteiger partial charge < -0.3 is 5.32 Å². The minimum absolute atomic E-state index is 0.0845. The summed E-state index contributed by atoms with van der Waals surface area (Å²) in [5.41, 5.74) is 1.97. The van der Waals surface area contributed by atoms with E-state index in [1.807, 2.05) is 6.92 Å². The van der Waals surface area contributed by atoms with Crippen LogP contribution < -0.4 is 5.32 Å². The SMILES string of the molecule is CC(Nc1c(F)cc(F)cc1Br)c1cncs1. The van der Waals surface area contributed by atoms with Gasteiger partial charge in [-0.25, -0.2) is 8.78 Å². The number of aromatic nitrogens is 1. The van der Waals surface area contributed by atoms with Crippen molar-refractivity contribution in [2.45, 2.75) is 13.0 Å². The molecule has 1 heterocycles. The van der Waals surface area contributed by atoms with Crippen LogP contribution in [0.1, 0.15) is 17.8 Å². The molecule has 0 saturated carbocycles. The third-order valence-corrected chi connectivity index (χ3v) is 3.83. The molecule has 0 saturated heterocycles. The predicted molar refractivity (Wildman–Crippen MR) is 68.2 cm³/mol. The second-order valence-corrected chi connectivity index (χ2v) is 5.29. The van der Waals surface area contributed by atoms with Crippen LogP contribution in [0.4, 0.5) is 14.5 Å². The van der Waals surface area contributed by atoms with Crippen molar-refractivity contribution < 1.29 is 8.78 Å². The number of anilines is 1. The monoisotopic (exact) mass is 318 g/mol. The molecule has 0 aliphatic heterocycles. The highest BCUT2D eigenvalue weighted by Gasteiger charge is 2.14. The maximum atomic E-state index is 13.6. The molecule has 17 heavy (non-hydrogen) atoms. The van der Waals surface area contributed by atoms with Crippen LogP contribution in [0.2, 0.25) is 0 Å². The number of hydrogen-bond donors (Lipinski definition) is 1. The molecule has 6 heteroatoms. The standard InChI is InChI=1S/C11H9BrF2N2S/c1-6(10-4-15-5-17-10)16-11-8(12)2-7(13)3-9(11)14/h2-6,16H,1H3. The molecular weight excluding hydrogens is 310 g/mol. The van der Waals surface area contributed by atoms with Gasteiger partial charge in [-0.15, -0.1) is 11.3 Å². The van der Waals surface area contributed by atoms with E-state index in [0.29, 0.717) is 4.47 Å². The highest BCUT2D eigenvalue weighted by Crippen LogP contribution is 2.30. The van der Waals surface area contributed by atoms with Gasteiger partial charge in [0, 0.05) is 21.6 Å². The van der Waals surface area contributed by atoms with E-state index in [9.17, 15) is 8.78 Å². The van der Waals surface area contributed by atoms with Crippen LogP contribution in [-0.4, -0.2) is 4.98 Å². The molecule has 1 unspecified atom stereocenters. The van der Waals surface area contributed by atoms with Crippen LogP contribution in [0, 0.1) is 11.6 Å². The van der Waals surface area contributed by atoms with E-state index in [-0.39, 0.29) is 11.7 Å². The molecule has 2 rings (SSSR count). The molecule has 1 N–H and O–H groups in total. The maximum absolute atomic E-state index is 13.6. The Bertz CT molecular complexity index is 493. The second-order valence-electron chi connectivity index (χ2n) is 3.51. The number of nitrogens with zero attached hydrogens (tertiary/aromatic N) is 1. The highest BCUT2D eigenvalue weighted by molar-refractivity contribution is 9.10. The topological polar surface area (TPSA) is 24.9 Å². The number of hydrogen-bond acceptors (Lipinski definition) is 3. The molecule has 1 aromatic carbocycles. The fraction of sp³-hybridized carbons (Fsp3) is 0.182. The number of nitrogens with one attached hydrogen (secondary N) is 1. The first-order chi connectivity index (χ1) is 8.08. The zero-order valence-corrected chi connectivity index (χ0v) is 11.3. The molecule has 90 valence electrons. The molecule has 1 atom stereocenters. The molecule has 0 aliphatic carbocycles. The summed E-state index contributed by atoms with van der Waals surface area (Å²) in [7, 11) is 0. The van der Waals surface area contributed by atoms with Crippen molar-refractivity contribution in [2.24, 2.45) is 0 Å². The number of benzene rings is 1. The Morgan fingerprint density at radius 3 is 2.76 bits per heavy atom. The van der Waals surface area contributed by atoms with Crippen molar-refractivity contribution in [1.82, 2.24) is 4.98 Å². The van der Waals surface area contributed by atoms with Gasteiger partial charge in [-0.05, 0) is 28.9 Å². The van der Waals surface area contributed by atoms with Gasteiger partial charge in [0.1, 0.15) is 11.6 Å². The summed E-state index contributed by atoms with van der Waals surface area (Å²) in [4.78, 5) is 4.94. The zero-order chi connectivity index (χ0) is 12.4. The normalized spacial score (nSPS) is 12.5. The van der Waals surface area contributed by atoms with E-state index in [1.165, 1.54) is 17.4 Å². The lowest BCUT2D eigenvalue weighted by atomic mass is 10.2. The fourth-order valence-corrected chi connectivity index (χ4v) is 2.56. The first kappa shape index (κ1) is 12.4. The Morgan fingerprint density at radius 2 is 2.18 bits per heavy atom. The Labute approximate surface area is 110 Å². The first-order valence-corrected chi connectivity index (χ1v) is 6.54. The minimum atomic E-state index is -0.617. The van der Waals surface area contributed by atoms with Gasteiger partial charge in [0.25, 0.3) is 0 Å². The average Bonchev–Trinajstić information content (AvgIpc) is 2.76. The quantitative estimate of drug-likeness (QED) is 0.909. The summed E-state index contributed by atoms with van der Waals surface area (Å²) in [6, 6.07) is 2.00. The molecular formula is C11H9BrF2N2S. The first-order valence-electron chi connectivity index (χ1n) is 4.87.